The van der Waals surface area contributed by atoms with Crippen LogP contribution < -0.4 is 21.7 Å². The van der Waals surface area contributed by atoms with Gasteiger partial charge in [-0.1, -0.05) is 30.3 Å². The summed E-state index contributed by atoms with van der Waals surface area (Å²) in [5.41, 5.74) is 7.37. The summed E-state index contributed by atoms with van der Waals surface area (Å²) >= 11 is 1.40. The molecule has 0 saturated carbocycles. The van der Waals surface area contributed by atoms with Gasteiger partial charge in [-0.05, 0) is 30.4 Å². The van der Waals surface area contributed by atoms with Crippen molar-refractivity contribution in [1.29, 1.82) is 0 Å². The minimum absolute atomic E-state index is 0.0634. The molecule has 13 nitrogen and oxygen atoms in total. The Morgan fingerprint density at radius 2 is 1.56 bits per heavy atom. The lowest BCUT2D eigenvalue weighted by atomic mass is 10.0. The molecule has 0 radical (unpaired) electrons. The maximum absolute atomic E-state index is 13.3. The molecule has 0 fully saturated rings. The molecule has 3 amide bonds. The number of carbonyl (C=O) groups excluding carboxylic acids is 3. The number of thioether (sulfide) groups is 1. The highest BCUT2D eigenvalue weighted by molar-refractivity contribution is 7.98. The van der Waals surface area contributed by atoms with Crippen molar-refractivity contribution in [3.8, 4) is 0 Å². The Labute approximate surface area is 229 Å². The number of benzene rings is 1. The van der Waals surface area contributed by atoms with Gasteiger partial charge in [0.05, 0.1) is 12.4 Å². The molecule has 1 heterocycles. The summed E-state index contributed by atoms with van der Waals surface area (Å²) < 4.78 is 0. The van der Waals surface area contributed by atoms with E-state index in [9.17, 15) is 29.1 Å². The van der Waals surface area contributed by atoms with E-state index in [0.717, 1.165) is 5.56 Å². The number of carbonyl (C=O) groups is 5. The van der Waals surface area contributed by atoms with Gasteiger partial charge in [0.1, 0.15) is 18.1 Å². The summed E-state index contributed by atoms with van der Waals surface area (Å²) in [4.78, 5) is 68.7. The van der Waals surface area contributed by atoms with E-state index in [0.29, 0.717) is 11.4 Å². The third kappa shape index (κ3) is 11.2. The highest BCUT2D eigenvalue weighted by Crippen LogP contribution is 2.08. The number of nitrogens with one attached hydrogen (secondary N) is 4. The summed E-state index contributed by atoms with van der Waals surface area (Å²) in [6.45, 7) is 0. The molecule has 0 aliphatic heterocycles. The van der Waals surface area contributed by atoms with Crippen LogP contribution >= 0.6 is 11.8 Å². The fourth-order valence-electron chi connectivity index (χ4n) is 3.64. The molecule has 1 aromatic heterocycles. The first kappa shape index (κ1) is 31.3. The second-order valence-electron chi connectivity index (χ2n) is 8.81. The zero-order valence-electron chi connectivity index (χ0n) is 21.5. The number of nitrogens with two attached hydrogens (primary N) is 1. The number of carboxylic acids is 2. The molecule has 212 valence electrons. The van der Waals surface area contributed by atoms with Crippen LogP contribution in [0.15, 0.2) is 42.9 Å². The summed E-state index contributed by atoms with van der Waals surface area (Å²) in [5.74, 6) is -4.18. The van der Waals surface area contributed by atoms with Gasteiger partial charge >= 0.3 is 11.9 Å². The van der Waals surface area contributed by atoms with Crippen molar-refractivity contribution in [2.75, 3.05) is 12.0 Å². The highest BCUT2D eigenvalue weighted by atomic mass is 32.2. The number of aromatic nitrogens is 2. The lowest BCUT2D eigenvalue weighted by molar-refractivity contribution is -0.143. The Morgan fingerprint density at radius 3 is 2.15 bits per heavy atom. The van der Waals surface area contributed by atoms with E-state index >= 15 is 0 Å². The lowest BCUT2D eigenvalue weighted by Crippen LogP contribution is -2.57. The van der Waals surface area contributed by atoms with Crippen LogP contribution in [0.1, 0.15) is 30.5 Å². The maximum Gasteiger partial charge on any atom is 0.326 e. The lowest BCUT2D eigenvalue weighted by Gasteiger charge is -2.25. The van der Waals surface area contributed by atoms with E-state index in [4.69, 9.17) is 10.8 Å². The fourth-order valence-corrected chi connectivity index (χ4v) is 4.11. The fraction of sp³-hybridized carbons (Fsp3) is 0.440. The Hall–Kier alpha value is -3.91. The average molecular weight is 563 g/mol. The van der Waals surface area contributed by atoms with Crippen LogP contribution in [0.2, 0.25) is 0 Å². The standard InChI is InChI=1S/C25H34N6O7S/c1-39-10-9-19(25(37)38)30-23(35)18(7-8-21(32)33)29-24(36)20(11-15-5-3-2-4-6-15)31-22(34)17(26)12-16-13-27-14-28-16/h2-6,13-14,17-20H,7-12,26H2,1H3,(H,27,28)(H,29,36)(H,30,35)(H,31,34)(H,32,33)(H,37,38). The smallest absolute Gasteiger partial charge is 0.326 e. The molecule has 4 atom stereocenters. The van der Waals surface area contributed by atoms with Gasteiger partial charge in [-0.3, -0.25) is 19.2 Å². The van der Waals surface area contributed by atoms with Gasteiger partial charge in [0.2, 0.25) is 17.7 Å². The zero-order chi connectivity index (χ0) is 28.8. The van der Waals surface area contributed by atoms with Gasteiger partial charge in [-0.2, -0.15) is 11.8 Å². The van der Waals surface area contributed by atoms with Crippen molar-refractivity contribution in [1.82, 2.24) is 25.9 Å². The topological polar surface area (TPSA) is 217 Å². The van der Waals surface area contributed by atoms with Crippen LogP contribution in [0, 0.1) is 0 Å². The third-order valence-electron chi connectivity index (χ3n) is 5.75. The third-order valence-corrected chi connectivity index (χ3v) is 6.40. The highest BCUT2D eigenvalue weighted by Gasteiger charge is 2.31. The SMILES string of the molecule is CSCCC(NC(=O)C(CCC(=O)O)NC(=O)C(Cc1ccccc1)NC(=O)C(N)Cc1cnc[nH]1)C(=O)O. The number of rotatable bonds is 17. The largest absolute Gasteiger partial charge is 0.481 e. The Kier molecular flexibility index (Phi) is 13.0. The molecule has 0 aliphatic rings. The first-order valence-electron chi connectivity index (χ1n) is 12.2. The van der Waals surface area contributed by atoms with Crippen molar-refractivity contribution >= 4 is 41.4 Å². The van der Waals surface area contributed by atoms with E-state index in [1.54, 1.807) is 36.6 Å². The van der Waals surface area contributed by atoms with Crippen molar-refractivity contribution in [2.24, 2.45) is 5.73 Å². The predicted molar refractivity (Wildman–Crippen MR) is 144 cm³/mol. The van der Waals surface area contributed by atoms with Crippen molar-refractivity contribution in [3.63, 3.8) is 0 Å². The molecule has 0 saturated heterocycles. The molecule has 0 aliphatic carbocycles. The van der Waals surface area contributed by atoms with E-state index in [1.807, 2.05) is 0 Å². The van der Waals surface area contributed by atoms with Crippen LogP contribution in [-0.4, -0.2) is 86.0 Å². The Morgan fingerprint density at radius 1 is 0.923 bits per heavy atom. The van der Waals surface area contributed by atoms with Gasteiger partial charge < -0.3 is 36.9 Å². The van der Waals surface area contributed by atoms with E-state index < -0.39 is 60.2 Å². The van der Waals surface area contributed by atoms with Crippen LogP contribution in [0.4, 0.5) is 0 Å². The predicted octanol–water partition coefficient (Wildman–Crippen LogP) is -0.321. The maximum atomic E-state index is 13.3. The van der Waals surface area contributed by atoms with Crippen LogP contribution in [0.5, 0.6) is 0 Å². The van der Waals surface area contributed by atoms with Gasteiger partial charge in [0.25, 0.3) is 0 Å². The number of hydrogen-bond acceptors (Lipinski definition) is 8. The minimum Gasteiger partial charge on any atom is -0.481 e. The minimum atomic E-state index is -1.35. The number of nitrogens with zero attached hydrogens (tertiary/aromatic N) is 1. The van der Waals surface area contributed by atoms with Gasteiger partial charge in [0.15, 0.2) is 0 Å². The summed E-state index contributed by atoms with van der Waals surface area (Å²) in [5, 5.41) is 26.1. The molecule has 8 N–H and O–H groups in total. The first-order valence-corrected chi connectivity index (χ1v) is 13.6. The summed E-state index contributed by atoms with van der Waals surface area (Å²) in [6, 6.07) is 4.12. The van der Waals surface area contributed by atoms with Crippen molar-refractivity contribution in [3.05, 3.63) is 54.1 Å². The Balaban J connectivity index is 2.20. The molecular formula is C25H34N6O7S. The second kappa shape index (κ2) is 16.1. The van der Waals surface area contributed by atoms with Gasteiger partial charge in [0, 0.05) is 31.2 Å². The molecule has 2 rings (SSSR count). The number of imidazole rings is 1. The number of H-pyrrole nitrogens is 1. The van der Waals surface area contributed by atoms with Crippen LogP contribution in [0.25, 0.3) is 0 Å². The second-order valence-corrected chi connectivity index (χ2v) is 9.80. The van der Waals surface area contributed by atoms with Gasteiger partial charge in [-0.15, -0.1) is 0 Å². The number of aromatic amines is 1. The summed E-state index contributed by atoms with van der Waals surface area (Å²) in [6.07, 6.45) is 4.37. The molecular weight excluding hydrogens is 528 g/mol. The quantitative estimate of drug-likeness (QED) is 0.133. The van der Waals surface area contributed by atoms with E-state index in [-0.39, 0.29) is 25.7 Å². The number of aliphatic carboxylic acids is 2. The average Bonchev–Trinajstić information content (AvgIpc) is 3.41. The molecule has 2 aromatic rings. The molecule has 1 aromatic carbocycles. The molecule has 4 unspecified atom stereocenters. The Bertz CT molecular complexity index is 1100. The monoisotopic (exact) mass is 562 g/mol. The molecule has 39 heavy (non-hydrogen) atoms. The summed E-state index contributed by atoms with van der Waals surface area (Å²) in [7, 11) is 0. The van der Waals surface area contributed by atoms with Crippen LogP contribution in [-0.2, 0) is 36.8 Å². The molecule has 0 spiro atoms. The molecule has 0 bridgehead atoms. The van der Waals surface area contributed by atoms with Gasteiger partial charge in [-0.25, -0.2) is 9.78 Å². The van der Waals surface area contributed by atoms with Crippen molar-refractivity contribution < 1.29 is 34.2 Å². The van der Waals surface area contributed by atoms with Crippen molar-refractivity contribution in [2.45, 2.75) is 56.3 Å². The van der Waals surface area contributed by atoms with Crippen LogP contribution in [0.3, 0.4) is 0 Å². The number of carboxylic acid groups (broad SMARTS) is 2. The normalized spacial score (nSPS) is 13.9. The number of hydrogen-bond donors (Lipinski definition) is 7. The first-order chi connectivity index (χ1) is 18.6. The number of amides is 3. The zero-order valence-corrected chi connectivity index (χ0v) is 22.3. The molecule has 14 heteroatoms. The van der Waals surface area contributed by atoms with E-state index in [2.05, 4.69) is 25.9 Å². The van der Waals surface area contributed by atoms with E-state index in [1.165, 1.54) is 24.3 Å².